The average molecular weight is 611 g/mol. The molecule has 2 aromatic carbocycles. The molecule has 0 radical (unpaired) electrons. The van der Waals surface area contributed by atoms with Crippen molar-refractivity contribution in [3.8, 4) is 17.2 Å². The maximum Gasteiger partial charge on any atom is 0.323 e. The minimum Gasteiger partial charge on any atom is -0.454 e. The number of nitrogens with one attached hydrogen (secondary N) is 2. The number of halogens is 3. The van der Waals surface area contributed by atoms with Gasteiger partial charge in [-0.3, -0.25) is 14.9 Å². The molecule has 1 saturated heterocycles. The van der Waals surface area contributed by atoms with Crippen molar-refractivity contribution in [1.29, 1.82) is 0 Å². The van der Waals surface area contributed by atoms with Gasteiger partial charge in [0.1, 0.15) is 23.1 Å². The van der Waals surface area contributed by atoms with Gasteiger partial charge in [-0.05, 0) is 62.2 Å². The molecule has 3 heterocycles. The molecule has 3 N–H and O–H groups in total. The molecule has 222 valence electrons. The number of aliphatic hydroxyl groups is 1. The van der Waals surface area contributed by atoms with Crippen molar-refractivity contribution in [2.75, 3.05) is 23.7 Å². The van der Waals surface area contributed by atoms with Crippen molar-refractivity contribution in [3.63, 3.8) is 0 Å². The van der Waals surface area contributed by atoms with Crippen LogP contribution < -0.4 is 20.9 Å². The van der Waals surface area contributed by atoms with E-state index >= 15 is 0 Å². The number of rotatable bonds is 6. The third kappa shape index (κ3) is 6.79. The van der Waals surface area contributed by atoms with Crippen molar-refractivity contribution in [1.82, 2.24) is 19.7 Å². The maximum atomic E-state index is 15.0. The monoisotopic (exact) mass is 610 g/mol. The maximum absolute atomic E-state index is 15.0. The fourth-order valence-corrected chi connectivity index (χ4v) is 4.58. The fraction of sp³-hybridized carbons (Fsp3) is 0.207. The van der Waals surface area contributed by atoms with Crippen LogP contribution in [0.2, 0.25) is 5.02 Å². The number of benzene rings is 2. The molecule has 14 heteroatoms. The van der Waals surface area contributed by atoms with Crippen molar-refractivity contribution < 1.29 is 28.2 Å². The number of anilines is 2. The molecule has 5 rings (SSSR count). The molecule has 3 amide bonds. The van der Waals surface area contributed by atoms with Crippen LogP contribution in [-0.2, 0) is 0 Å². The molecule has 11 nitrogen and oxygen atoms in total. The van der Waals surface area contributed by atoms with Crippen LogP contribution in [-0.4, -0.2) is 55.4 Å². The van der Waals surface area contributed by atoms with Crippen LogP contribution in [0.4, 0.5) is 25.1 Å². The Morgan fingerprint density at radius 2 is 1.86 bits per heavy atom. The highest BCUT2D eigenvalue weighted by atomic mass is 35.5. The number of pyridine rings is 1. The lowest BCUT2D eigenvalue weighted by Crippen LogP contribution is -2.36. The molecule has 4 aromatic rings. The quantitative estimate of drug-likeness (QED) is 0.282. The number of aromatic nitrogens is 3. The summed E-state index contributed by atoms with van der Waals surface area (Å²) in [5.41, 5.74) is -1.77. The highest BCUT2D eigenvalue weighted by Gasteiger charge is 2.34. The average Bonchev–Trinajstić information content (AvgIpc) is 3.31. The van der Waals surface area contributed by atoms with Crippen LogP contribution in [0.5, 0.6) is 11.5 Å². The summed E-state index contributed by atoms with van der Waals surface area (Å²) in [5, 5.41) is 19.4. The summed E-state index contributed by atoms with van der Waals surface area (Å²) < 4.78 is 35.7. The third-order valence-corrected chi connectivity index (χ3v) is 6.83. The smallest absolute Gasteiger partial charge is 0.323 e. The van der Waals surface area contributed by atoms with Crippen molar-refractivity contribution >= 4 is 35.0 Å². The number of carbonyl (C=O) groups excluding carboxylic acids is 2. The Kier molecular flexibility index (Phi) is 8.11. The van der Waals surface area contributed by atoms with E-state index in [1.54, 1.807) is 6.92 Å². The first kappa shape index (κ1) is 29.6. The van der Waals surface area contributed by atoms with Gasteiger partial charge in [0.25, 0.3) is 11.5 Å². The van der Waals surface area contributed by atoms with E-state index in [4.69, 9.17) is 16.3 Å². The van der Waals surface area contributed by atoms with Gasteiger partial charge in [-0.15, -0.1) is 0 Å². The molecule has 1 fully saturated rings. The SMILES string of the molecule is Cc1cc(=O)n(-c2cc(Cl)ccc2F)nc1C(=O)Nc1ccc(Oc2ccnc(NC(=O)N3CCC(C)(O)C3)c2)c(F)c1. The Morgan fingerprint density at radius 1 is 1.07 bits per heavy atom. The number of hydrogen-bond acceptors (Lipinski definition) is 7. The highest BCUT2D eigenvalue weighted by Crippen LogP contribution is 2.28. The summed E-state index contributed by atoms with van der Waals surface area (Å²) in [6.45, 7) is 3.72. The van der Waals surface area contributed by atoms with Gasteiger partial charge in [-0.1, -0.05) is 11.6 Å². The standard InChI is InChI=1S/C29H25ClF2N6O5/c1-16-11-25(39)38(22-12-17(30)3-5-20(22)31)36-26(16)27(40)34-18-4-6-23(21(32)13-18)43-19-7-9-33-24(14-19)35-28(41)37-10-8-29(2,42)15-37/h3-7,9,11-14,42H,8,10,15H2,1-2H3,(H,34,40)(H,33,35,41). The topological polar surface area (TPSA) is 139 Å². The van der Waals surface area contributed by atoms with Crippen LogP contribution in [0.15, 0.2) is 65.6 Å². The van der Waals surface area contributed by atoms with E-state index in [9.17, 15) is 28.3 Å². The molecule has 0 spiro atoms. The second-order valence-corrected chi connectivity index (χ2v) is 10.6. The van der Waals surface area contributed by atoms with Gasteiger partial charge < -0.3 is 20.1 Å². The summed E-state index contributed by atoms with van der Waals surface area (Å²) in [6.07, 6.45) is 1.83. The molecule has 43 heavy (non-hydrogen) atoms. The molecule has 1 aliphatic heterocycles. The molecule has 1 aliphatic rings. The molecule has 0 bridgehead atoms. The Labute approximate surface area is 248 Å². The number of nitrogens with zero attached hydrogens (tertiary/aromatic N) is 4. The van der Waals surface area contributed by atoms with Crippen molar-refractivity contribution in [3.05, 3.63) is 99.1 Å². The predicted octanol–water partition coefficient (Wildman–Crippen LogP) is 4.90. The van der Waals surface area contributed by atoms with Gasteiger partial charge in [0.15, 0.2) is 17.3 Å². The predicted molar refractivity (Wildman–Crippen MR) is 154 cm³/mol. The lowest BCUT2D eigenvalue weighted by atomic mass is 10.1. The summed E-state index contributed by atoms with van der Waals surface area (Å²) in [6, 6.07) is 10.9. The lowest BCUT2D eigenvalue weighted by molar-refractivity contribution is 0.0727. The Hall–Kier alpha value is -4.88. The van der Waals surface area contributed by atoms with Gasteiger partial charge in [0.2, 0.25) is 0 Å². The number of amides is 3. The van der Waals surface area contributed by atoms with Gasteiger partial charge in [0, 0.05) is 41.7 Å². The van der Waals surface area contributed by atoms with Gasteiger partial charge in [-0.2, -0.15) is 9.78 Å². The van der Waals surface area contributed by atoms with Crippen LogP contribution in [0, 0.1) is 18.6 Å². The summed E-state index contributed by atoms with van der Waals surface area (Å²) >= 11 is 5.94. The normalized spacial score (nSPS) is 16.2. The summed E-state index contributed by atoms with van der Waals surface area (Å²) in [4.78, 5) is 43.5. The third-order valence-electron chi connectivity index (χ3n) is 6.60. The van der Waals surface area contributed by atoms with E-state index in [0.717, 1.165) is 22.9 Å². The Bertz CT molecular complexity index is 1800. The van der Waals surface area contributed by atoms with Crippen LogP contribution in [0.1, 0.15) is 29.4 Å². The van der Waals surface area contributed by atoms with E-state index in [2.05, 4.69) is 20.7 Å². The second-order valence-electron chi connectivity index (χ2n) is 10.2. The van der Waals surface area contributed by atoms with Crippen molar-refractivity contribution in [2.24, 2.45) is 0 Å². The van der Waals surface area contributed by atoms with E-state index in [-0.39, 0.29) is 51.5 Å². The Balaban J connectivity index is 1.28. The van der Waals surface area contributed by atoms with Crippen LogP contribution >= 0.6 is 11.6 Å². The number of β-amino-alcohol motifs (C(OH)–C–C–N with tert-alkyl or cyclic N) is 1. The molecule has 2 aromatic heterocycles. The zero-order chi connectivity index (χ0) is 30.9. The van der Waals surface area contributed by atoms with E-state index in [1.807, 2.05) is 0 Å². The molecule has 1 atom stereocenters. The fourth-order valence-electron chi connectivity index (χ4n) is 4.42. The summed E-state index contributed by atoms with van der Waals surface area (Å²) in [7, 11) is 0. The van der Waals surface area contributed by atoms with E-state index in [1.165, 1.54) is 54.4 Å². The summed E-state index contributed by atoms with van der Waals surface area (Å²) in [5.74, 6) is -2.16. The zero-order valence-electron chi connectivity index (χ0n) is 22.9. The number of hydrogen-bond donors (Lipinski definition) is 3. The minimum atomic E-state index is -0.950. The zero-order valence-corrected chi connectivity index (χ0v) is 23.7. The van der Waals surface area contributed by atoms with Crippen LogP contribution in [0.3, 0.4) is 0 Å². The first-order valence-electron chi connectivity index (χ1n) is 13.0. The number of carbonyl (C=O) groups is 2. The molecule has 0 aliphatic carbocycles. The van der Waals surface area contributed by atoms with Crippen LogP contribution in [0.25, 0.3) is 5.69 Å². The first-order valence-corrected chi connectivity index (χ1v) is 13.4. The van der Waals surface area contributed by atoms with Gasteiger partial charge >= 0.3 is 6.03 Å². The molecule has 0 saturated carbocycles. The molecule has 1 unspecified atom stereocenters. The lowest BCUT2D eigenvalue weighted by Gasteiger charge is -2.19. The van der Waals surface area contributed by atoms with Gasteiger partial charge in [-0.25, -0.2) is 18.6 Å². The number of urea groups is 1. The number of ether oxygens (including phenoxy) is 1. The van der Waals surface area contributed by atoms with E-state index in [0.29, 0.717) is 13.0 Å². The minimum absolute atomic E-state index is 0.0620. The highest BCUT2D eigenvalue weighted by molar-refractivity contribution is 6.30. The number of likely N-dealkylation sites (tertiary alicyclic amines) is 1. The van der Waals surface area contributed by atoms with Crippen molar-refractivity contribution in [2.45, 2.75) is 25.9 Å². The number of aryl methyl sites for hydroxylation is 1. The largest absolute Gasteiger partial charge is 0.454 e. The molecular weight excluding hydrogens is 586 g/mol. The Morgan fingerprint density at radius 3 is 2.58 bits per heavy atom. The first-order chi connectivity index (χ1) is 20.4. The molecular formula is C29H25ClF2N6O5. The van der Waals surface area contributed by atoms with E-state index < -0.39 is 34.7 Å². The second kappa shape index (κ2) is 11.8. The van der Waals surface area contributed by atoms with Gasteiger partial charge in [0.05, 0.1) is 12.1 Å².